The van der Waals surface area contributed by atoms with E-state index in [1.54, 1.807) is 0 Å². The van der Waals surface area contributed by atoms with Gasteiger partial charge in [-0.15, -0.1) is 0 Å². The Kier molecular flexibility index (Phi) is 4.09. The Morgan fingerprint density at radius 2 is 1.56 bits per heavy atom. The van der Waals surface area contributed by atoms with Gasteiger partial charge in [0.2, 0.25) is 0 Å². The molecule has 0 bridgehead atoms. The van der Waals surface area contributed by atoms with E-state index in [4.69, 9.17) is 0 Å². The highest BCUT2D eigenvalue weighted by Gasteiger charge is 2.44. The number of Topliss-reactive ketones (excluding diaryl/α,β-unsaturated/α-hetero) is 1. The molecule has 0 unspecified atom stereocenters. The molecule has 27 heavy (non-hydrogen) atoms. The lowest BCUT2D eigenvalue weighted by molar-refractivity contribution is 0.0529. The average Bonchev–Trinajstić information content (AvgIpc) is 2.73. The fraction of sp³-hybridized carbons (Fsp3) is 0.320. The van der Waals surface area contributed by atoms with Crippen LogP contribution in [0.1, 0.15) is 40.7 Å². The Morgan fingerprint density at radius 1 is 0.815 bits per heavy atom. The van der Waals surface area contributed by atoms with Crippen LogP contribution in [0.5, 0.6) is 0 Å². The molecule has 1 aliphatic carbocycles. The number of aryl methyl sites for hydroxylation is 1. The second-order valence-corrected chi connectivity index (χ2v) is 8.22. The van der Waals surface area contributed by atoms with Gasteiger partial charge in [-0.3, -0.25) is 9.69 Å². The smallest absolute Gasteiger partial charge is 0.169 e. The summed E-state index contributed by atoms with van der Waals surface area (Å²) in [7, 11) is 0. The molecule has 2 nitrogen and oxygen atoms in total. The van der Waals surface area contributed by atoms with E-state index in [0.717, 1.165) is 50.9 Å². The van der Waals surface area contributed by atoms with Crippen LogP contribution >= 0.6 is 0 Å². The zero-order valence-electron chi connectivity index (χ0n) is 15.7. The Hall–Kier alpha value is -2.45. The van der Waals surface area contributed by atoms with Crippen molar-refractivity contribution in [3.63, 3.8) is 0 Å². The summed E-state index contributed by atoms with van der Waals surface area (Å²) in [5.41, 5.74) is 3.47. The van der Waals surface area contributed by atoms with Crippen LogP contribution in [0.2, 0.25) is 0 Å². The fourth-order valence-electron chi connectivity index (χ4n) is 4.94. The molecule has 0 amide bonds. The molecule has 1 spiro atoms. The molecular weight excluding hydrogens is 330 g/mol. The molecule has 3 aromatic carbocycles. The van der Waals surface area contributed by atoms with Crippen molar-refractivity contribution < 1.29 is 4.79 Å². The molecule has 0 N–H and O–H groups in total. The second-order valence-electron chi connectivity index (χ2n) is 8.22. The summed E-state index contributed by atoms with van der Waals surface area (Å²) in [5, 5.41) is 2.60. The summed E-state index contributed by atoms with van der Waals surface area (Å²) >= 11 is 0. The fourth-order valence-corrected chi connectivity index (χ4v) is 4.94. The first-order valence-corrected chi connectivity index (χ1v) is 10.1. The maximum Gasteiger partial charge on any atom is 0.169 e. The zero-order valence-corrected chi connectivity index (χ0v) is 15.7. The van der Waals surface area contributed by atoms with E-state index in [9.17, 15) is 4.79 Å². The number of hydrogen-bond donors (Lipinski definition) is 0. The van der Waals surface area contributed by atoms with Crippen LogP contribution in [0, 0.1) is 5.41 Å². The normalized spacial score (nSPS) is 19.3. The summed E-state index contributed by atoms with van der Waals surface area (Å²) in [4.78, 5) is 15.7. The van der Waals surface area contributed by atoms with Crippen LogP contribution in [0.3, 0.4) is 0 Å². The second kappa shape index (κ2) is 6.61. The molecule has 1 saturated heterocycles. The number of likely N-dealkylation sites (tertiary alicyclic amines) is 1. The van der Waals surface area contributed by atoms with Crippen molar-refractivity contribution in [3.05, 3.63) is 83.4 Å². The number of rotatable bonds is 2. The van der Waals surface area contributed by atoms with E-state index < -0.39 is 0 Å². The third kappa shape index (κ3) is 2.98. The molecule has 1 fully saturated rings. The summed E-state index contributed by atoms with van der Waals surface area (Å²) < 4.78 is 0. The van der Waals surface area contributed by atoms with E-state index in [1.165, 1.54) is 21.9 Å². The third-order valence-corrected chi connectivity index (χ3v) is 6.65. The van der Waals surface area contributed by atoms with Crippen LogP contribution in [-0.4, -0.2) is 23.8 Å². The number of hydrogen-bond acceptors (Lipinski definition) is 2. The first-order chi connectivity index (χ1) is 13.2. The van der Waals surface area contributed by atoms with Crippen LogP contribution in [-0.2, 0) is 13.0 Å². The van der Waals surface area contributed by atoms with Crippen molar-refractivity contribution in [3.8, 4) is 0 Å². The first-order valence-electron chi connectivity index (χ1n) is 10.1. The molecule has 2 heteroatoms. The van der Waals surface area contributed by atoms with Crippen molar-refractivity contribution in [1.82, 2.24) is 4.90 Å². The van der Waals surface area contributed by atoms with E-state index in [0.29, 0.717) is 5.78 Å². The zero-order chi connectivity index (χ0) is 18.3. The molecule has 0 atom stereocenters. The van der Waals surface area contributed by atoms with Gasteiger partial charge in [-0.1, -0.05) is 60.7 Å². The Morgan fingerprint density at radius 3 is 2.41 bits per heavy atom. The Labute approximate surface area is 160 Å². The van der Waals surface area contributed by atoms with E-state index in [-0.39, 0.29) is 5.41 Å². The van der Waals surface area contributed by atoms with E-state index in [1.807, 2.05) is 12.1 Å². The number of benzene rings is 3. The summed E-state index contributed by atoms with van der Waals surface area (Å²) in [6, 6.07) is 23.5. The van der Waals surface area contributed by atoms with Gasteiger partial charge in [0, 0.05) is 17.5 Å². The molecule has 5 rings (SSSR count). The van der Waals surface area contributed by atoms with Crippen LogP contribution in [0.25, 0.3) is 10.8 Å². The lowest BCUT2D eigenvalue weighted by Gasteiger charge is -2.43. The molecule has 136 valence electrons. The topological polar surface area (TPSA) is 20.3 Å². The maximum absolute atomic E-state index is 13.2. The molecule has 1 aliphatic heterocycles. The van der Waals surface area contributed by atoms with Gasteiger partial charge in [-0.25, -0.2) is 0 Å². The highest BCUT2D eigenvalue weighted by Crippen LogP contribution is 2.43. The maximum atomic E-state index is 13.2. The number of ketones is 1. The minimum atomic E-state index is -0.117. The van der Waals surface area contributed by atoms with E-state index in [2.05, 4.69) is 59.5 Å². The summed E-state index contributed by atoms with van der Waals surface area (Å²) in [6.07, 6.45) is 4.06. The number of carbonyl (C=O) groups excluding carboxylic acids is 1. The minimum Gasteiger partial charge on any atom is -0.299 e. The molecule has 0 aromatic heterocycles. The van der Waals surface area contributed by atoms with Gasteiger partial charge in [0.05, 0.1) is 0 Å². The van der Waals surface area contributed by atoms with Gasteiger partial charge in [-0.05, 0) is 66.7 Å². The van der Waals surface area contributed by atoms with Gasteiger partial charge >= 0.3 is 0 Å². The number of piperidine rings is 1. The standard InChI is InChI=1S/C25H25NO/c27-24-23-8-4-3-6-21(23)11-12-25(24)13-15-26(16-14-25)18-19-9-10-20-5-1-2-7-22(20)17-19/h1-10,17H,11-16,18H2. The lowest BCUT2D eigenvalue weighted by Crippen LogP contribution is -2.46. The molecular formula is C25H25NO. The highest BCUT2D eigenvalue weighted by molar-refractivity contribution is 6.02. The molecule has 0 radical (unpaired) electrons. The predicted molar refractivity (Wildman–Crippen MR) is 110 cm³/mol. The van der Waals surface area contributed by atoms with Crippen LogP contribution < -0.4 is 0 Å². The molecule has 0 saturated carbocycles. The monoisotopic (exact) mass is 355 g/mol. The van der Waals surface area contributed by atoms with Crippen molar-refractivity contribution in [2.75, 3.05) is 13.1 Å². The number of carbonyl (C=O) groups is 1. The predicted octanol–water partition coefficient (Wildman–Crippen LogP) is 5.25. The Balaban J connectivity index is 1.29. The minimum absolute atomic E-state index is 0.117. The quantitative estimate of drug-likeness (QED) is 0.626. The van der Waals surface area contributed by atoms with Crippen molar-refractivity contribution >= 4 is 16.6 Å². The Bertz CT molecular complexity index is 998. The van der Waals surface area contributed by atoms with Crippen molar-refractivity contribution in [1.29, 1.82) is 0 Å². The largest absolute Gasteiger partial charge is 0.299 e. The third-order valence-electron chi connectivity index (χ3n) is 6.65. The lowest BCUT2D eigenvalue weighted by atomic mass is 9.65. The first kappa shape index (κ1) is 16.7. The number of nitrogens with zero attached hydrogens (tertiary/aromatic N) is 1. The van der Waals surface area contributed by atoms with Gasteiger partial charge in [-0.2, -0.15) is 0 Å². The average molecular weight is 355 g/mol. The van der Waals surface area contributed by atoms with Gasteiger partial charge in [0.1, 0.15) is 0 Å². The van der Waals surface area contributed by atoms with Crippen LogP contribution in [0.15, 0.2) is 66.7 Å². The van der Waals surface area contributed by atoms with Crippen molar-refractivity contribution in [2.24, 2.45) is 5.41 Å². The van der Waals surface area contributed by atoms with Gasteiger partial charge in [0.15, 0.2) is 5.78 Å². The number of fused-ring (bicyclic) bond motifs is 2. The SMILES string of the molecule is O=C1c2ccccc2CCC12CCN(Cc1ccc3ccccc3c1)CC2. The molecule has 3 aromatic rings. The van der Waals surface area contributed by atoms with E-state index >= 15 is 0 Å². The van der Waals surface area contributed by atoms with Crippen molar-refractivity contribution in [2.45, 2.75) is 32.2 Å². The summed E-state index contributed by atoms with van der Waals surface area (Å²) in [6.45, 7) is 3.01. The molecule has 2 aliphatic rings. The highest BCUT2D eigenvalue weighted by atomic mass is 16.1. The van der Waals surface area contributed by atoms with Gasteiger partial charge in [0.25, 0.3) is 0 Å². The molecule has 1 heterocycles. The van der Waals surface area contributed by atoms with Gasteiger partial charge < -0.3 is 0 Å². The summed E-state index contributed by atoms with van der Waals surface area (Å²) in [5.74, 6) is 0.398. The van der Waals surface area contributed by atoms with Crippen LogP contribution in [0.4, 0.5) is 0 Å².